The molecule has 0 aliphatic heterocycles. The van der Waals surface area contributed by atoms with Gasteiger partial charge < -0.3 is 9.76 Å². The second kappa shape index (κ2) is 7.54. The summed E-state index contributed by atoms with van der Waals surface area (Å²) in [7, 11) is 1.83. The molecule has 1 heterocycles. The van der Waals surface area contributed by atoms with Crippen molar-refractivity contribution >= 4 is 76.8 Å². The summed E-state index contributed by atoms with van der Waals surface area (Å²) in [4.78, 5) is 0. The molecule has 0 atom stereocenters. The molecule has 0 bridgehead atoms. The van der Waals surface area contributed by atoms with Gasteiger partial charge in [-0.1, -0.05) is 66.7 Å². The molecule has 1 radical (unpaired) electrons. The van der Waals surface area contributed by atoms with Gasteiger partial charge in [-0.15, -0.1) is 11.3 Å². The average molecular weight is 461 g/mol. The zero-order chi connectivity index (χ0) is 23.7. The van der Waals surface area contributed by atoms with E-state index in [9.17, 15) is 5.11 Å². The summed E-state index contributed by atoms with van der Waals surface area (Å²) in [5.74, 6) is 0. The fraction of sp³-hybridized carbons (Fsp3) is 0.200. The van der Waals surface area contributed by atoms with Crippen LogP contribution in [0.3, 0.4) is 0 Å². The Kier molecular flexibility index (Phi) is 4.79. The molecule has 1 N–H and O–H groups in total. The first kappa shape index (κ1) is 21.6. The summed E-state index contributed by atoms with van der Waals surface area (Å²) in [6.45, 7) is 7.41. The van der Waals surface area contributed by atoms with Crippen LogP contribution >= 0.6 is 11.3 Å². The maximum absolute atomic E-state index is 10.6. The largest absolute Gasteiger partial charge is 0.427 e. The van der Waals surface area contributed by atoms with Crippen molar-refractivity contribution in [3.8, 4) is 0 Å². The van der Waals surface area contributed by atoms with Crippen molar-refractivity contribution in [3.05, 3.63) is 78.9 Å². The fourth-order valence-electron chi connectivity index (χ4n) is 4.69. The first-order valence-corrected chi connectivity index (χ1v) is 12.5. The van der Waals surface area contributed by atoms with Crippen LogP contribution in [0.1, 0.15) is 27.7 Å². The summed E-state index contributed by atoms with van der Waals surface area (Å²) in [5.41, 5.74) is -0.685. The Bertz CT molecular complexity index is 1720. The van der Waals surface area contributed by atoms with Crippen molar-refractivity contribution < 1.29 is 9.76 Å². The van der Waals surface area contributed by atoms with Crippen LogP contribution in [0.4, 0.5) is 0 Å². The van der Waals surface area contributed by atoms with Crippen LogP contribution in [0.15, 0.2) is 78.9 Å². The molecule has 0 spiro atoms. The van der Waals surface area contributed by atoms with Gasteiger partial charge in [0.2, 0.25) is 0 Å². The lowest BCUT2D eigenvalue weighted by Crippen LogP contribution is -2.49. The zero-order valence-corrected chi connectivity index (χ0v) is 20.7. The Hall–Kier alpha value is -2.92. The highest BCUT2D eigenvalue weighted by molar-refractivity contribution is 7.26. The number of hydrogen-bond donors (Lipinski definition) is 1. The van der Waals surface area contributed by atoms with Gasteiger partial charge >= 0.3 is 7.48 Å². The fourth-order valence-corrected chi connectivity index (χ4v) is 5.87. The number of fused-ring (bicyclic) bond motifs is 9. The lowest BCUT2D eigenvalue weighted by molar-refractivity contribution is -0.0893. The highest BCUT2D eigenvalue weighted by atomic mass is 32.1. The molecule has 6 rings (SSSR count). The van der Waals surface area contributed by atoms with Crippen LogP contribution < -0.4 is 5.46 Å². The molecule has 167 valence electrons. The van der Waals surface area contributed by atoms with E-state index in [1.165, 1.54) is 47.1 Å². The van der Waals surface area contributed by atoms with E-state index in [4.69, 9.17) is 4.65 Å². The summed E-state index contributed by atoms with van der Waals surface area (Å²) in [5, 5.41) is 20.7. The van der Waals surface area contributed by atoms with E-state index in [2.05, 4.69) is 78.9 Å². The van der Waals surface area contributed by atoms with Crippen molar-refractivity contribution in [2.45, 2.75) is 38.9 Å². The summed E-state index contributed by atoms with van der Waals surface area (Å²) >= 11 is 1.83. The van der Waals surface area contributed by atoms with E-state index in [1.54, 1.807) is 13.8 Å². The molecule has 0 aliphatic carbocycles. The standard InChI is InChI=1S/C30H26BO2S/c1-29(2,32)30(3,4)33-31-23-17-25-28(26-20-11-7-5-9-18(20)13-15-22(23)26)27-21-12-8-6-10-19(21)14-16-24(27)34-25/h5-17,32H,1-4H3. The Morgan fingerprint density at radius 2 is 1.29 bits per heavy atom. The maximum Gasteiger partial charge on any atom is 0.331 e. The molecule has 0 unspecified atom stereocenters. The first-order chi connectivity index (χ1) is 16.2. The first-order valence-electron chi connectivity index (χ1n) is 11.7. The van der Waals surface area contributed by atoms with Gasteiger partial charge in [-0.2, -0.15) is 0 Å². The summed E-state index contributed by atoms with van der Waals surface area (Å²) < 4.78 is 8.75. The third-order valence-corrected chi connectivity index (χ3v) is 8.44. The number of aliphatic hydroxyl groups is 1. The van der Waals surface area contributed by atoms with Gasteiger partial charge in [0, 0.05) is 20.2 Å². The van der Waals surface area contributed by atoms with Gasteiger partial charge in [0.1, 0.15) is 0 Å². The monoisotopic (exact) mass is 461 g/mol. The van der Waals surface area contributed by atoms with Crippen molar-refractivity contribution in [2.24, 2.45) is 0 Å². The average Bonchev–Trinajstić information content (AvgIpc) is 3.20. The minimum Gasteiger partial charge on any atom is -0.427 e. The molecule has 5 aromatic carbocycles. The van der Waals surface area contributed by atoms with Crippen LogP contribution in [0.5, 0.6) is 0 Å². The van der Waals surface area contributed by atoms with Gasteiger partial charge in [-0.3, -0.25) is 0 Å². The van der Waals surface area contributed by atoms with Crippen molar-refractivity contribution in [2.75, 3.05) is 0 Å². The molecule has 4 heteroatoms. The van der Waals surface area contributed by atoms with E-state index in [1.807, 2.05) is 32.7 Å². The Morgan fingerprint density at radius 3 is 1.97 bits per heavy atom. The van der Waals surface area contributed by atoms with E-state index < -0.39 is 11.2 Å². The predicted octanol–water partition coefficient (Wildman–Crippen LogP) is 7.32. The summed E-state index contributed by atoms with van der Waals surface area (Å²) in [6.07, 6.45) is 0. The van der Waals surface area contributed by atoms with Crippen molar-refractivity contribution in [3.63, 3.8) is 0 Å². The van der Waals surface area contributed by atoms with Crippen LogP contribution in [0.2, 0.25) is 0 Å². The molecule has 0 saturated heterocycles. The lowest BCUT2D eigenvalue weighted by Gasteiger charge is -2.37. The molecule has 0 aliphatic rings. The minimum absolute atomic E-state index is 0.735. The molecule has 0 fully saturated rings. The van der Waals surface area contributed by atoms with Crippen LogP contribution in [-0.2, 0) is 4.65 Å². The number of thiophene rings is 1. The van der Waals surface area contributed by atoms with Crippen molar-refractivity contribution in [1.29, 1.82) is 0 Å². The number of rotatable bonds is 4. The Balaban J connectivity index is 1.72. The highest BCUT2D eigenvalue weighted by Crippen LogP contribution is 2.43. The van der Waals surface area contributed by atoms with E-state index in [0.29, 0.717) is 0 Å². The van der Waals surface area contributed by atoms with Crippen LogP contribution in [0, 0.1) is 0 Å². The molecule has 0 saturated carbocycles. The van der Waals surface area contributed by atoms with Gasteiger partial charge in [0.25, 0.3) is 0 Å². The Labute approximate surface area is 204 Å². The second-order valence-electron chi connectivity index (χ2n) is 10.1. The minimum atomic E-state index is -0.980. The second-order valence-corrected chi connectivity index (χ2v) is 11.2. The normalized spacial score (nSPS) is 13.0. The SMILES string of the molecule is CC(C)(O)C(C)(C)O[B]c1cc2sc3ccc4ccccc4c3c2c2c1ccc1ccccc12. The quantitative estimate of drug-likeness (QED) is 0.220. The Morgan fingerprint density at radius 1 is 0.676 bits per heavy atom. The van der Waals surface area contributed by atoms with E-state index in [0.717, 1.165) is 10.8 Å². The van der Waals surface area contributed by atoms with E-state index in [-0.39, 0.29) is 0 Å². The highest BCUT2D eigenvalue weighted by Gasteiger charge is 2.36. The van der Waals surface area contributed by atoms with Crippen LogP contribution in [-0.4, -0.2) is 23.8 Å². The third-order valence-electron chi connectivity index (χ3n) is 7.34. The van der Waals surface area contributed by atoms with Gasteiger partial charge in [-0.05, 0) is 77.6 Å². The molecular formula is C30H26BO2S. The lowest BCUT2D eigenvalue weighted by atomic mass is 9.79. The van der Waals surface area contributed by atoms with Gasteiger partial charge in [0.15, 0.2) is 0 Å². The van der Waals surface area contributed by atoms with Gasteiger partial charge in [-0.25, -0.2) is 0 Å². The van der Waals surface area contributed by atoms with Crippen molar-refractivity contribution in [1.82, 2.24) is 0 Å². The van der Waals surface area contributed by atoms with Crippen LogP contribution in [0.25, 0.3) is 52.5 Å². The van der Waals surface area contributed by atoms with E-state index >= 15 is 0 Å². The molecule has 0 amide bonds. The molecule has 1 aromatic heterocycles. The molecule has 6 aromatic rings. The molecule has 2 nitrogen and oxygen atoms in total. The van der Waals surface area contributed by atoms with Gasteiger partial charge in [0.05, 0.1) is 11.2 Å². The molecular weight excluding hydrogens is 435 g/mol. The molecule has 34 heavy (non-hydrogen) atoms. The predicted molar refractivity (Wildman–Crippen MR) is 149 cm³/mol. The number of benzene rings is 5. The maximum atomic E-state index is 10.6. The third kappa shape index (κ3) is 3.24. The number of hydrogen-bond acceptors (Lipinski definition) is 3. The smallest absolute Gasteiger partial charge is 0.331 e. The zero-order valence-electron chi connectivity index (χ0n) is 19.8. The summed E-state index contributed by atoms with van der Waals surface area (Å²) in [6, 6.07) is 28.4. The topological polar surface area (TPSA) is 29.5 Å².